The molecule has 1 aliphatic carbocycles. The third kappa shape index (κ3) is 2.36. The first-order valence-corrected chi connectivity index (χ1v) is 7.25. The molecule has 1 aromatic rings. The van der Waals surface area contributed by atoms with Gasteiger partial charge in [0.15, 0.2) is 5.11 Å². The largest absolute Gasteiger partial charge is 0.355 e. The lowest BCUT2D eigenvalue weighted by Gasteiger charge is -2.41. The van der Waals surface area contributed by atoms with Crippen molar-refractivity contribution < 1.29 is 4.79 Å². The Morgan fingerprint density at radius 2 is 1.95 bits per heavy atom. The normalized spacial score (nSPS) is 28.0. The smallest absolute Gasteiger partial charge is 0.171 e. The molecule has 0 bridgehead atoms. The molecule has 20 heavy (non-hydrogen) atoms. The van der Waals surface area contributed by atoms with Crippen molar-refractivity contribution in [2.45, 2.75) is 26.3 Å². The Labute approximate surface area is 124 Å². The quantitative estimate of drug-likeness (QED) is 0.779. The lowest BCUT2D eigenvalue weighted by atomic mass is 9.72. The number of rotatable bonds is 1. The summed E-state index contributed by atoms with van der Waals surface area (Å²) in [6, 6.07) is 9.96. The molecule has 3 nitrogen and oxygen atoms in total. The molecule has 2 aliphatic rings. The van der Waals surface area contributed by atoms with Crippen LogP contribution in [-0.2, 0) is 4.79 Å². The van der Waals surface area contributed by atoms with Gasteiger partial charge in [0.25, 0.3) is 0 Å². The van der Waals surface area contributed by atoms with Gasteiger partial charge >= 0.3 is 0 Å². The van der Waals surface area contributed by atoms with E-state index in [-0.39, 0.29) is 23.2 Å². The van der Waals surface area contributed by atoms with Crippen molar-refractivity contribution in [3.05, 3.63) is 47.7 Å². The number of thiocarbonyl (C=S) groups is 1. The molecule has 2 unspecified atom stereocenters. The maximum atomic E-state index is 12.6. The number of hydrogen-bond acceptors (Lipinski definition) is 2. The van der Waals surface area contributed by atoms with E-state index in [2.05, 4.69) is 30.6 Å². The van der Waals surface area contributed by atoms with Gasteiger partial charge in [0.2, 0.25) is 0 Å². The summed E-state index contributed by atoms with van der Waals surface area (Å²) in [7, 11) is 0. The van der Waals surface area contributed by atoms with Gasteiger partial charge in [-0.3, -0.25) is 4.79 Å². The number of nitrogens with one attached hydrogen (secondary N) is 2. The van der Waals surface area contributed by atoms with Gasteiger partial charge in [0, 0.05) is 12.1 Å². The molecular formula is C16H18N2OS. The van der Waals surface area contributed by atoms with Crippen molar-refractivity contribution in [1.29, 1.82) is 0 Å². The van der Waals surface area contributed by atoms with E-state index in [0.29, 0.717) is 11.5 Å². The summed E-state index contributed by atoms with van der Waals surface area (Å²) in [4.78, 5) is 12.6. The number of hydrogen-bond donors (Lipinski definition) is 2. The molecular weight excluding hydrogens is 268 g/mol. The highest BCUT2D eigenvalue weighted by Crippen LogP contribution is 2.40. The summed E-state index contributed by atoms with van der Waals surface area (Å²) in [6.45, 7) is 4.16. The SMILES string of the molecule is CC1(C)C=C2NC(=S)NC(c3ccccc3)C2C(=O)C1. The highest BCUT2D eigenvalue weighted by atomic mass is 32.1. The summed E-state index contributed by atoms with van der Waals surface area (Å²) in [6.07, 6.45) is 2.72. The first-order valence-electron chi connectivity index (χ1n) is 6.84. The number of Topliss-reactive ketones (excluding diaryl/α,β-unsaturated/α-hetero) is 1. The zero-order valence-electron chi connectivity index (χ0n) is 11.6. The third-order valence-electron chi connectivity index (χ3n) is 3.89. The molecule has 2 N–H and O–H groups in total. The lowest BCUT2D eigenvalue weighted by molar-refractivity contribution is -0.125. The fraction of sp³-hybridized carbons (Fsp3) is 0.375. The summed E-state index contributed by atoms with van der Waals surface area (Å²) in [5.74, 6) is 0.0981. The van der Waals surface area contributed by atoms with Gasteiger partial charge in [-0.2, -0.15) is 0 Å². The molecule has 0 spiro atoms. The molecule has 1 aromatic carbocycles. The van der Waals surface area contributed by atoms with Gasteiger partial charge in [0.1, 0.15) is 5.78 Å². The average molecular weight is 286 g/mol. The fourth-order valence-electron chi connectivity index (χ4n) is 3.10. The van der Waals surface area contributed by atoms with Crippen LogP contribution < -0.4 is 10.6 Å². The fourth-order valence-corrected chi connectivity index (χ4v) is 3.35. The summed E-state index contributed by atoms with van der Waals surface area (Å²) in [5, 5.41) is 7.00. The van der Waals surface area contributed by atoms with Crippen LogP contribution in [0.25, 0.3) is 0 Å². The summed E-state index contributed by atoms with van der Waals surface area (Å²) in [5.41, 5.74) is 1.94. The molecule has 1 fully saturated rings. The summed E-state index contributed by atoms with van der Waals surface area (Å²) >= 11 is 5.29. The van der Waals surface area contributed by atoms with Gasteiger partial charge in [-0.15, -0.1) is 0 Å². The number of fused-ring (bicyclic) bond motifs is 1. The van der Waals surface area contributed by atoms with Crippen LogP contribution in [0, 0.1) is 11.3 Å². The third-order valence-corrected chi connectivity index (χ3v) is 4.11. The van der Waals surface area contributed by atoms with Crippen molar-refractivity contribution in [3.8, 4) is 0 Å². The van der Waals surface area contributed by atoms with Gasteiger partial charge < -0.3 is 10.6 Å². The Hall–Kier alpha value is -1.68. The molecule has 4 heteroatoms. The van der Waals surface area contributed by atoms with E-state index in [1.807, 2.05) is 30.3 Å². The van der Waals surface area contributed by atoms with Crippen molar-refractivity contribution in [2.75, 3.05) is 0 Å². The molecule has 0 amide bonds. The zero-order valence-corrected chi connectivity index (χ0v) is 12.5. The highest BCUT2D eigenvalue weighted by molar-refractivity contribution is 7.80. The van der Waals surface area contributed by atoms with Crippen molar-refractivity contribution in [2.24, 2.45) is 11.3 Å². The Bertz CT molecular complexity index is 592. The second-order valence-corrected chi connectivity index (χ2v) is 6.60. The minimum Gasteiger partial charge on any atom is -0.355 e. The Morgan fingerprint density at radius 1 is 1.25 bits per heavy atom. The van der Waals surface area contributed by atoms with Crippen molar-refractivity contribution in [1.82, 2.24) is 10.6 Å². The number of benzene rings is 1. The Kier molecular flexibility index (Phi) is 3.13. The predicted octanol–water partition coefficient (Wildman–Crippen LogP) is 2.70. The van der Waals surface area contributed by atoms with Gasteiger partial charge in [-0.05, 0) is 23.2 Å². The minimum absolute atomic E-state index is 0.0696. The van der Waals surface area contributed by atoms with Gasteiger partial charge in [-0.25, -0.2) is 0 Å². The number of allylic oxidation sites excluding steroid dienone is 1. The van der Waals surface area contributed by atoms with E-state index >= 15 is 0 Å². The zero-order chi connectivity index (χ0) is 14.3. The van der Waals surface area contributed by atoms with Crippen LogP contribution in [0.4, 0.5) is 0 Å². The maximum absolute atomic E-state index is 12.6. The molecule has 3 rings (SSSR count). The van der Waals surface area contributed by atoms with Crippen LogP contribution in [0.1, 0.15) is 31.9 Å². The van der Waals surface area contributed by atoms with E-state index in [4.69, 9.17) is 12.2 Å². The first kappa shape index (κ1) is 13.3. The maximum Gasteiger partial charge on any atom is 0.171 e. The average Bonchev–Trinajstić information content (AvgIpc) is 2.36. The molecule has 2 atom stereocenters. The molecule has 1 saturated heterocycles. The van der Waals surface area contributed by atoms with E-state index in [9.17, 15) is 4.79 Å². The molecule has 104 valence electrons. The topological polar surface area (TPSA) is 41.1 Å². The molecule has 1 aliphatic heterocycles. The number of carbonyl (C=O) groups excluding carboxylic acids is 1. The van der Waals surface area contributed by atoms with Crippen molar-refractivity contribution in [3.63, 3.8) is 0 Å². The second kappa shape index (κ2) is 4.70. The Balaban J connectivity index is 2.04. The van der Waals surface area contributed by atoms with Crippen LogP contribution in [-0.4, -0.2) is 10.9 Å². The van der Waals surface area contributed by atoms with Crippen molar-refractivity contribution >= 4 is 23.1 Å². The van der Waals surface area contributed by atoms with Crippen LogP contribution in [0.3, 0.4) is 0 Å². The van der Waals surface area contributed by atoms with E-state index in [1.54, 1.807) is 0 Å². The van der Waals surface area contributed by atoms with E-state index < -0.39 is 0 Å². The molecule has 1 heterocycles. The van der Waals surface area contributed by atoms with Crippen LogP contribution in [0.2, 0.25) is 0 Å². The van der Waals surface area contributed by atoms with Gasteiger partial charge in [-0.1, -0.05) is 50.3 Å². The summed E-state index contributed by atoms with van der Waals surface area (Å²) < 4.78 is 0. The van der Waals surface area contributed by atoms with Crippen LogP contribution >= 0.6 is 12.2 Å². The Morgan fingerprint density at radius 3 is 2.65 bits per heavy atom. The van der Waals surface area contributed by atoms with E-state index in [1.165, 1.54) is 0 Å². The van der Waals surface area contributed by atoms with Gasteiger partial charge in [0.05, 0.1) is 12.0 Å². The number of ketones is 1. The predicted molar refractivity (Wildman–Crippen MR) is 83.0 cm³/mol. The minimum atomic E-state index is -0.169. The molecule has 0 saturated carbocycles. The monoisotopic (exact) mass is 286 g/mol. The second-order valence-electron chi connectivity index (χ2n) is 6.20. The van der Waals surface area contributed by atoms with E-state index in [0.717, 1.165) is 11.3 Å². The molecule has 0 aromatic heterocycles. The molecule has 0 radical (unpaired) electrons. The number of carbonyl (C=O) groups is 1. The first-order chi connectivity index (χ1) is 9.46. The standard InChI is InChI=1S/C16H18N2OS/c1-16(2)8-11-13(12(19)9-16)14(18-15(20)17-11)10-6-4-3-5-7-10/h3-8,13-14H,9H2,1-2H3,(H2,17,18,20). The van der Waals surface area contributed by atoms with Crippen LogP contribution in [0.15, 0.2) is 42.1 Å². The lowest BCUT2D eigenvalue weighted by Crippen LogP contribution is -2.53. The highest BCUT2D eigenvalue weighted by Gasteiger charge is 2.42. The van der Waals surface area contributed by atoms with Crippen LogP contribution in [0.5, 0.6) is 0 Å².